The van der Waals surface area contributed by atoms with Crippen LogP contribution in [0.15, 0.2) is 42.6 Å². The molecule has 1 aromatic heterocycles. The number of aromatic nitrogens is 1. The molecule has 0 unspecified atom stereocenters. The number of unbranched alkanes of at least 4 members (excludes halogenated alkanes) is 6. The van der Waals surface area contributed by atoms with Crippen molar-refractivity contribution in [3.63, 3.8) is 0 Å². The summed E-state index contributed by atoms with van der Waals surface area (Å²) in [5.41, 5.74) is 3.56. The van der Waals surface area contributed by atoms with Crippen LogP contribution in [0.5, 0.6) is 5.75 Å². The molecule has 32 heavy (non-hydrogen) atoms. The third kappa shape index (κ3) is 8.60. The minimum atomic E-state index is 0.730. The zero-order valence-corrected chi connectivity index (χ0v) is 20.7. The lowest BCUT2D eigenvalue weighted by molar-refractivity contribution is 0.177. The Bertz CT molecular complexity index is 728. The average Bonchev–Trinajstić information content (AvgIpc) is 2.85. The van der Waals surface area contributed by atoms with E-state index in [4.69, 9.17) is 9.72 Å². The van der Waals surface area contributed by atoms with Gasteiger partial charge in [-0.15, -0.1) is 0 Å². The van der Waals surface area contributed by atoms with Crippen molar-refractivity contribution < 1.29 is 4.74 Å². The summed E-state index contributed by atoms with van der Waals surface area (Å²) in [4.78, 5) is 4.69. The van der Waals surface area contributed by atoms with Gasteiger partial charge < -0.3 is 4.74 Å². The van der Waals surface area contributed by atoms with E-state index in [0.717, 1.165) is 36.3 Å². The highest BCUT2D eigenvalue weighted by Crippen LogP contribution is 2.32. The first kappa shape index (κ1) is 24.8. The quantitative estimate of drug-likeness (QED) is 0.276. The van der Waals surface area contributed by atoms with Crippen molar-refractivity contribution in [2.75, 3.05) is 6.61 Å². The maximum absolute atomic E-state index is 6.15. The van der Waals surface area contributed by atoms with E-state index in [1.165, 1.54) is 94.6 Å². The fourth-order valence-corrected chi connectivity index (χ4v) is 4.98. The molecule has 0 bridgehead atoms. The van der Waals surface area contributed by atoms with Crippen LogP contribution in [0.3, 0.4) is 0 Å². The number of benzene rings is 1. The number of hydrogen-bond acceptors (Lipinski definition) is 2. The van der Waals surface area contributed by atoms with Gasteiger partial charge in [0.05, 0.1) is 12.3 Å². The molecule has 1 fully saturated rings. The van der Waals surface area contributed by atoms with Gasteiger partial charge in [-0.2, -0.15) is 0 Å². The monoisotopic (exact) mass is 435 g/mol. The molecule has 0 N–H and O–H groups in total. The molecule has 1 heterocycles. The maximum atomic E-state index is 6.15. The van der Waals surface area contributed by atoms with Crippen molar-refractivity contribution in [1.82, 2.24) is 4.98 Å². The number of ether oxygens (including phenoxy) is 1. The van der Waals surface area contributed by atoms with Crippen LogP contribution in [0.2, 0.25) is 0 Å². The van der Waals surface area contributed by atoms with Crippen LogP contribution in [-0.2, 0) is 6.42 Å². The fraction of sp³-hybridized carbons (Fsp3) is 0.633. The molecule has 1 aliphatic rings. The number of hydrogen-bond donors (Lipinski definition) is 0. The van der Waals surface area contributed by atoms with Crippen LogP contribution in [-0.4, -0.2) is 11.6 Å². The van der Waals surface area contributed by atoms with Crippen LogP contribution in [0.4, 0.5) is 0 Å². The Hall–Kier alpha value is -1.83. The van der Waals surface area contributed by atoms with E-state index < -0.39 is 0 Å². The molecule has 3 rings (SSSR count). The van der Waals surface area contributed by atoms with Crippen LogP contribution in [0, 0.1) is 11.8 Å². The van der Waals surface area contributed by atoms with Gasteiger partial charge in [-0.3, -0.25) is 4.98 Å². The van der Waals surface area contributed by atoms with Crippen LogP contribution < -0.4 is 4.74 Å². The first-order valence-corrected chi connectivity index (χ1v) is 13.5. The number of nitrogens with zero attached hydrogens (tertiary/aromatic N) is 1. The molecule has 1 aromatic carbocycles. The molecule has 176 valence electrons. The lowest BCUT2D eigenvalue weighted by atomic mass is 9.80. The predicted molar refractivity (Wildman–Crippen MR) is 137 cm³/mol. The second kappa shape index (κ2) is 14.3. The summed E-state index contributed by atoms with van der Waals surface area (Å²) in [6.45, 7) is 5.42. The van der Waals surface area contributed by atoms with Crippen molar-refractivity contribution in [1.29, 1.82) is 0 Å². The van der Waals surface area contributed by atoms with E-state index >= 15 is 0 Å². The highest BCUT2D eigenvalue weighted by Gasteiger charge is 2.21. The third-order valence-electron chi connectivity index (χ3n) is 7.21. The Morgan fingerprint density at radius 3 is 2.09 bits per heavy atom. The smallest absolute Gasteiger partial charge is 0.119 e. The second-order valence-corrected chi connectivity index (χ2v) is 9.93. The van der Waals surface area contributed by atoms with Gasteiger partial charge in [0.1, 0.15) is 5.75 Å². The van der Waals surface area contributed by atoms with Gasteiger partial charge in [0.15, 0.2) is 0 Å². The van der Waals surface area contributed by atoms with Crippen LogP contribution in [0.1, 0.15) is 103 Å². The Balaban J connectivity index is 1.37. The molecule has 2 aromatic rings. The molecule has 0 amide bonds. The summed E-state index contributed by atoms with van der Waals surface area (Å²) in [5, 5.41) is 0. The molecule has 2 nitrogen and oxygen atoms in total. The van der Waals surface area contributed by atoms with E-state index in [0.29, 0.717) is 0 Å². The van der Waals surface area contributed by atoms with E-state index in [-0.39, 0.29) is 0 Å². The summed E-state index contributed by atoms with van der Waals surface area (Å²) in [5.74, 6) is 2.69. The Morgan fingerprint density at radius 1 is 0.750 bits per heavy atom. The van der Waals surface area contributed by atoms with Crippen LogP contribution in [0.25, 0.3) is 11.3 Å². The summed E-state index contributed by atoms with van der Waals surface area (Å²) in [7, 11) is 0. The van der Waals surface area contributed by atoms with Crippen molar-refractivity contribution in [2.45, 2.75) is 104 Å². The summed E-state index contributed by atoms with van der Waals surface area (Å²) in [6, 6.07) is 12.9. The maximum Gasteiger partial charge on any atom is 0.119 e. The van der Waals surface area contributed by atoms with Gasteiger partial charge in [0.25, 0.3) is 0 Å². The summed E-state index contributed by atoms with van der Waals surface area (Å²) < 4.78 is 6.15. The SMILES string of the molecule is CCCCCCc1ccc(-c2ccc(OCC3CCC(CCCCCC)CC3)cc2)nc1. The largest absolute Gasteiger partial charge is 0.493 e. The van der Waals surface area contributed by atoms with Gasteiger partial charge in [0, 0.05) is 11.8 Å². The molecular weight excluding hydrogens is 390 g/mol. The molecule has 0 spiro atoms. The Morgan fingerprint density at radius 2 is 1.44 bits per heavy atom. The highest BCUT2D eigenvalue weighted by molar-refractivity contribution is 5.60. The summed E-state index contributed by atoms with van der Waals surface area (Å²) in [6.07, 6.45) is 20.9. The van der Waals surface area contributed by atoms with Gasteiger partial charge >= 0.3 is 0 Å². The molecule has 0 saturated heterocycles. The Labute approximate surface area is 197 Å². The van der Waals surface area contributed by atoms with Gasteiger partial charge in [-0.1, -0.05) is 84.1 Å². The molecule has 0 radical (unpaired) electrons. The molecule has 1 aliphatic carbocycles. The molecule has 0 atom stereocenters. The second-order valence-electron chi connectivity index (χ2n) is 9.93. The number of rotatable bonds is 14. The van der Waals surface area contributed by atoms with Gasteiger partial charge in [0.2, 0.25) is 0 Å². The minimum Gasteiger partial charge on any atom is -0.493 e. The standard InChI is InChI=1S/C30H45NO/c1-3-5-7-9-11-25-13-15-27(16-14-25)24-32-29-20-18-28(19-21-29)30-22-17-26(23-31-30)12-10-8-6-4-2/h17-23,25,27H,3-16,24H2,1-2H3. The summed E-state index contributed by atoms with van der Waals surface area (Å²) >= 11 is 0. The normalized spacial score (nSPS) is 18.6. The zero-order chi connectivity index (χ0) is 22.4. The van der Waals surface area contributed by atoms with Gasteiger partial charge in [-0.05, 0) is 73.4 Å². The Kier molecular flexibility index (Phi) is 11.1. The first-order chi connectivity index (χ1) is 15.8. The average molecular weight is 436 g/mol. The van der Waals surface area contributed by atoms with Crippen molar-refractivity contribution >= 4 is 0 Å². The number of aryl methyl sites for hydroxylation is 1. The molecular formula is C30H45NO. The minimum absolute atomic E-state index is 0.730. The van der Waals surface area contributed by atoms with E-state index in [1.54, 1.807) is 0 Å². The fourth-order valence-electron chi connectivity index (χ4n) is 4.98. The van der Waals surface area contributed by atoms with E-state index in [2.05, 4.69) is 50.2 Å². The predicted octanol–water partition coefficient (Wildman–Crippen LogP) is 9.03. The third-order valence-corrected chi connectivity index (χ3v) is 7.21. The lowest BCUT2D eigenvalue weighted by Gasteiger charge is -2.28. The van der Waals surface area contributed by atoms with Gasteiger partial charge in [-0.25, -0.2) is 0 Å². The lowest BCUT2D eigenvalue weighted by Crippen LogP contribution is -2.20. The topological polar surface area (TPSA) is 22.1 Å². The zero-order valence-electron chi connectivity index (χ0n) is 20.7. The van der Waals surface area contributed by atoms with Crippen LogP contribution >= 0.6 is 0 Å². The van der Waals surface area contributed by atoms with E-state index in [1.807, 2.05) is 6.20 Å². The highest BCUT2D eigenvalue weighted by atomic mass is 16.5. The van der Waals surface area contributed by atoms with Crippen molar-refractivity contribution in [2.24, 2.45) is 11.8 Å². The molecule has 2 heteroatoms. The van der Waals surface area contributed by atoms with E-state index in [9.17, 15) is 0 Å². The molecule has 0 aliphatic heterocycles. The molecule has 1 saturated carbocycles. The number of pyridine rings is 1. The van der Waals surface area contributed by atoms with Crippen molar-refractivity contribution in [3.8, 4) is 17.0 Å². The van der Waals surface area contributed by atoms with Crippen molar-refractivity contribution in [3.05, 3.63) is 48.2 Å². The first-order valence-electron chi connectivity index (χ1n) is 13.5.